The molecule has 15 heavy (non-hydrogen) atoms. The number of rotatable bonds is 6. The zero-order valence-electron chi connectivity index (χ0n) is 9.49. The molecule has 0 aliphatic carbocycles. The third-order valence-corrected chi connectivity index (χ3v) is 2.64. The number of hydrogen-bond donors (Lipinski definition) is 0. The highest BCUT2D eigenvalue weighted by molar-refractivity contribution is 6.03. The minimum atomic E-state index is -0.0938. The predicted octanol–water partition coefficient (Wildman–Crippen LogP) is 1.20. The molecule has 1 heterocycles. The summed E-state index contributed by atoms with van der Waals surface area (Å²) in [4.78, 5) is 24.5. The van der Waals surface area contributed by atoms with Crippen LogP contribution in [0.3, 0.4) is 0 Å². The number of imide groups is 1. The molecule has 1 saturated heterocycles. The molecule has 1 aliphatic heterocycles. The van der Waals surface area contributed by atoms with Gasteiger partial charge in [0.25, 0.3) is 0 Å². The van der Waals surface area contributed by atoms with Crippen LogP contribution in [-0.4, -0.2) is 36.5 Å². The number of carbonyl (C=O) groups is 2. The smallest absolute Gasteiger partial charge is 0.232 e. The molecule has 1 atom stereocenters. The summed E-state index contributed by atoms with van der Waals surface area (Å²) >= 11 is 0. The van der Waals surface area contributed by atoms with Crippen molar-refractivity contribution in [2.45, 2.75) is 33.1 Å². The zero-order valence-corrected chi connectivity index (χ0v) is 9.49. The molecule has 0 aromatic carbocycles. The first-order valence-electron chi connectivity index (χ1n) is 5.62. The van der Waals surface area contributed by atoms with E-state index in [9.17, 15) is 9.59 Å². The van der Waals surface area contributed by atoms with Gasteiger partial charge in [-0.3, -0.25) is 14.5 Å². The normalized spacial score (nSPS) is 21.5. The number of likely N-dealkylation sites (tertiary alicyclic amines) is 1. The Labute approximate surface area is 90.6 Å². The fourth-order valence-corrected chi connectivity index (χ4v) is 1.71. The van der Waals surface area contributed by atoms with Crippen molar-refractivity contribution in [3.8, 4) is 0 Å². The minimum Gasteiger partial charge on any atom is -0.380 e. The van der Waals surface area contributed by atoms with Crippen LogP contribution >= 0.6 is 0 Å². The van der Waals surface area contributed by atoms with Crippen LogP contribution in [0.1, 0.15) is 33.1 Å². The molecule has 0 radical (unpaired) electrons. The Morgan fingerprint density at radius 3 is 2.60 bits per heavy atom. The molecule has 0 spiro atoms. The van der Waals surface area contributed by atoms with E-state index in [-0.39, 0.29) is 17.7 Å². The van der Waals surface area contributed by atoms with Gasteiger partial charge in [-0.15, -0.1) is 0 Å². The molecule has 0 bridgehead atoms. The van der Waals surface area contributed by atoms with E-state index in [0.717, 1.165) is 12.8 Å². The highest BCUT2D eigenvalue weighted by Crippen LogP contribution is 2.21. The fourth-order valence-electron chi connectivity index (χ4n) is 1.71. The summed E-state index contributed by atoms with van der Waals surface area (Å²) < 4.78 is 5.26. The van der Waals surface area contributed by atoms with Gasteiger partial charge in [0.05, 0.1) is 13.2 Å². The van der Waals surface area contributed by atoms with Gasteiger partial charge in [0, 0.05) is 18.9 Å². The number of carbonyl (C=O) groups excluding carboxylic acids is 2. The molecule has 1 fully saturated rings. The van der Waals surface area contributed by atoms with Crippen LogP contribution in [0.25, 0.3) is 0 Å². The van der Waals surface area contributed by atoms with Crippen LogP contribution in [0, 0.1) is 5.92 Å². The molecule has 4 nitrogen and oxygen atoms in total. The van der Waals surface area contributed by atoms with Gasteiger partial charge in [-0.25, -0.2) is 0 Å². The molecular weight excluding hydrogens is 194 g/mol. The van der Waals surface area contributed by atoms with E-state index in [4.69, 9.17) is 4.74 Å². The number of amides is 2. The van der Waals surface area contributed by atoms with Crippen LogP contribution in [0.2, 0.25) is 0 Å². The summed E-state index contributed by atoms with van der Waals surface area (Å²) in [6.07, 6.45) is 2.08. The SMILES string of the molecule is CCCOCCN1C(=O)CC(CC)C1=O. The Morgan fingerprint density at radius 1 is 1.33 bits per heavy atom. The number of hydrogen-bond acceptors (Lipinski definition) is 3. The second kappa shape index (κ2) is 5.85. The van der Waals surface area contributed by atoms with E-state index in [1.54, 1.807) is 0 Å². The molecule has 4 heteroatoms. The van der Waals surface area contributed by atoms with E-state index in [1.165, 1.54) is 4.90 Å². The van der Waals surface area contributed by atoms with Gasteiger partial charge in [0.1, 0.15) is 0 Å². The van der Waals surface area contributed by atoms with Crippen LogP contribution < -0.4 is 0 Å². The van der Waals surface area contributed by atoms with Crippen LogP contribution in [0.4, 0.5) is 0 Å². The third kappa shape index (κ3) is 3.02. The summed E-state index contributed by atoms with van der Waals surface area (Å²) in [5.74, 6) is -0.168. The van der Waals surface area contributed by atoms with Crippen molar-refractivity contribution < 1.29 is 14.3 Å². The van der Waals surface area contributed by atoms with Crippen molar-refractivity contribution in [1.82, 2.24) is 4.90 Å². The summed E-state index contributed by atoms with van der Waals surface area (Å²) in [5, 5.41) is 0. The third-order valence-electron chi connectivity index (χ3n) is 2.64. The first-order valence-corrected chi connectivity index (χ1v) is 5.62. The van der Waals surface area contributed by atoms with Crippen molar-refractivity contribution >= 4 is 11.8 Å². The molecule has 1 unspecified atom stereocenters. The van der Waals surface area contributed by atoms with Gasteiger partial charge in [-0.1, -0.05) is 13.8 Å². The topological polar surface area (TPSA) is 46.6 Å². The lowest BCUT2D eigenvalue weighted by atomic mass is 10.1. The maximum absolute atomic E-state index is 11.7. The monoisotopic (exact) mass is 213 g/mol. The Morgan fingerprint density at radius 2 is 2.07 bits per heavy atom. The summed E-state index contributed by atoms with van der Waals surface area (Å²) in [7, 11) is 0. The van der Waals surface area contributed by atoms with Crippen molar-refractivity contribution in [1.29, 1.82) is 0 Å². The Balaban J connectivity index is 2.34. The lowest BCUT2D eigenvalue weighted by Crippen LogP contribution is -2.33. The highest BCUT2D eigenvalue weighted by Gasteiger charge is 2.36. The minimum absolute atomic E-state index is 0.0254. The van der Waals surface area contributed by atoms with E-state index in [1.807, 2.05) is 13.8 Å². The molecule has 0 aromatic heterocycles. The van der Waals surface area contributed by atoms with Crippen LogP contribution in [0.15, 0.2) is 0 Å². The molecule has 0 N–H and O–H groups in total. The number of ether oxygens (including phenoxy) is 1. The summed E-state index contributed by atoms with van der Waals surface area (Å²) in [6, 6.07) is 0. The molecular formula is C11H19NO3. The quantitative estimate of drug-likeness (QED) is 0.492. The Hall–Kier alpha value is -0.900. The molecule has 1 rings (SSSR count). The lowest BCUT2D eigenvalue weighted by molar-refractivity contribution is -0.140. The zero-order chi connectivity index (χ0) is 11.3. The predicted molar refractivity (Wildman–Crippen MR) is 56.2 cm³/mol. The average molecular weight is 213 g/mol. The molecule has 0 saturated carbocycles. The van der Waals surface area contributed by atoms with Crippen molar-refractivity contribution in [2.75, 3.05) is 19.8 Å². The van der Waals surface area contributed by atoms with E-state index in [0.29, 0.717) is 26.2 Å². The Kier molecular flexibility index (Phi) is 4.75. The summed E-state index contributed by atoms with van der Waals surface area (Å²) in [6.45, 7) is 5.52. The van der Waals surface area contributed by atoms with Gasteiger partial charge in [0.2, 0.25) is 11.8 Å². The van der Waals surface area contributed by atoms with Crippen molar-refractivity contribution in [2.24, 2.45) is 5.92 Å². The van der Waals surface area contributed by atoms with E-state index >= 15 is 0 Å². The largest absolute Gasteiger partial charge is 0.380 e. The maximum atomic E-state index is 11.7. The van der Waals surface area contributed by atoms with Gasteiger partial charge in [-0.05, 0) is 12.8 Å². The second-order valence-electron chi connectivity index (χ2n) is 3.81. The van der Waals surface area contributed by atoms with Gasteiger partial charge >= 0.3 is 0 Å². The Bertz CT molecular complexity index is 240. The molecule has 0 aromatic rings. The fraction of sp³-hybridized carbons (Fsp3) is 0.818. The first kappa shape index (κ1) is 12.2. The van der Waals surface area contributed by atoms with E-state index in [2.05, 4.69) is 0 Å². The van der Waals surface area contributed by atoms with Crippen LogP contribution in [0.5, 0.6) is 0 Å². The molecule has 2 amide bonds. The van der Waals surface area contributed by atoms with Crippen LogP contribution in [-0.2, 0) is 14.3 Å². The average Bonchev–Trinajstić information content (AvgIpc) is 2.50. The first-order chi connectivity index (χ1) is 7.20. The van der Waals surface area contributed by atoms with Gasteiger partial charge in [0.15, 0.2) is 0 Å². The maximum Gasteiger partial charge on any atom is 0.232 e. The lowest BCUT2D eigenvalue weighted by Gasteiger charge is -2.14. The number of nitrogens with zero attached hydrogens (tertiary/aromatic N) is 1. The van der Waals surface area contributed by atoms with E-state index < -0.39 is 0 Å². The van der Waals surface area contributed by atoms with Crippen molar-refractivity contribution in [3.05, 3.63) is 0 Å². The van der Waals surface area contributed by atoms with Gasteiger partial charge < -0.3 is 4.74 Å². The van der Waals surface area contributed by atoms with Crippen molar-refractivity contribution in [3.63, 3.8) is 0 Å². The molecule has 1 aliphatic rings. The molecule has 86 valence electrons. The highest BCUT2D eigenvalue weighted by atomic mass is 16.5. The second-order valence-corrected chi connectivity index (χ2v) is 3.81. The summed E-state index contributed by atoms with van der Waals surface area (Å²) in [5.41, 5.74) is 0. The standard InChI is InChI=1S/C11H19NO3/c1-3-6-15-7-5-12-10(13)8-9(4-2)11(12)14/h9H,3-8H2,1-2H3. The van der Waals surface area contributed by atoms with Gasteiger partial charge in [-0.2, -0.15) is 0 Å².